The van der Waals surface area contributed by atoms with Crippen LogP contribution in [0.3, 0.4) is 0 Å². The third kappa shape index (κ3) is 4.31. The summed E-state index contributed by atoms with van der Waals surface area (Å²) < 4.78 is 0. The van der Waals surface area contributed by atoms with Crippen molar-refractivity contribution in [2.75, 3.05) is 13.6 Å². The molecule has 1 aliphatic rings. The van der Waals surface area contributed by atoms with Crippen molar-refractivity contribution in [3.05, 3.63) is 35.9 Å². The highest BCUT2D eigenvalue weighted by atomic mass is 16.3. The number of amides is 1. The maximum Gasteiger partial charge on any atom is 0.240 e. The number of hydrogen-bond donors (Lipinski definition) is 2. The van der Waals surface area contributed by atoms with E-state index in [1.807, 2.05) is 30.1 Å². The van der Waals surface area contributed by atoms with Gasteiger partial charge in [0, 0.05) is 13.6 Å². The summed E-state index contributed by atoms with van der Waals surface area (Å²) in [5, 5.41) is 12.7. The number of aliphatic hydroxyl groups is 1. The standard InChI is InChI=1S/C18H28N2O2/c1-3-4-6-11-17(14-9-7-5-8-10-14)20(2)18(22)16-12-15(21)13-19-16/h5,7-10,15-17,19,21H,3-4,6,11-13H2,1-2H3/t15?,16-,17?/m0/s1. The van der Waals surface area contributed by atoms with Crippen molar-refractivity contribution in [2.24, 2.45) is 0 Å². The Labute approximate surface area is 133 Å². The normalized spacial score (nSPS) is 22.5. The monoisotopic (exact) mass is 304 g/mol. The molecule has 1 amide bonds. The fourth-order valence-electron chi connectivity index (χ4n) is 3.15. The number of unbranched alkanes of at least 4 members (excludes halogenated alkanes) is 2. The molecule has 0 saturated carbocycles. The van der Waals surface area contributed by atoms with Crippen LogP contribution in [0.25, 0.3) is 0 Å². The summed E-state index contributed by atoms with van der Waals surface area (Å²) in [6, 6.07) is 10.1. The van der Waals surface area contributed by atoms with Crippen molar-refractivity contribution < 1.29 is 9.90 Å². The highest BCUT2D eigenvalue weighted by Crippen LogP contribution is 2.27. The van der Waals surface area contributed by atoms with E-state index in [1.165, 1.54) is 18.4 Å². The van der Waals surface area contributed by atoms with E-state index in [9.17, 15) is 9.90 Å². The van der Waals surface area contributed by atoms with Gasteiger partial charge < -0.3 is 15.3 Å². The molecule has 22 heavy (non-hydrogen) atoms. The summed E-state index contributed by atoms with van der Waals surface area (Å²) >= 11 is 0. The first-order valence-corrected chi connectivity index (χ1v) is 8.36. The van der Waals surface area contributed by atoms with E-state index in [0.29, 0.717) is 13.0 Å². The van der Waals surface area contributed by atoms with Gasteiger partial charge in [-0.3, -0.25) is 4.79 Å². The predicted molar refractivity (Wildman–Crippen MR) is 88.5 cm³/mol. The molecular formula is C18H28N2O2. The van der Waals surface area contributed by atoms with Crippen molar-refractivity contribution >= 4 is 5.91 Å². The molecule has 2 N–H and O–H groups in total. The maximum absolute atomic E-state index is 12.7. The van der Waals surface area contributed by atoms with Gasteiger partial charge in [-0.05, 0) is 18.4 Å². The van der Waals surface area contributed by atoms with E-state index >= 15 is 0 Å². The first-order chi connectivity index (χ1) is 10.6. The number of rotatable bonds is 7. The van der Waals surface area contributed by atoms with Gasteiger partial charge in [0.25, 0.3) is 0 Å². The van der Waals surface area contributed by atoms with E-state index in [2.05, 4.69) is 24.4 Å². The zero-order chi connectivity index (χ0) is 15.9. The molecule has 0 aromatic heterocycles. The molecule has 2 rings (SSSR count). The highest BCUT2D eigenvalue weighted by Gasteiger charge is 2.32. The smallest absolute Gasteiger partial charge is 0.240 e. The molecule has 1 aromatic carbocycles. The second-order valence-electron chi connectivity index (χ2n) is 6.22. The first kappa shape index (κ1) is 17.0. The van der Waals surface area contributed by atoms with E-state index in [1.54, 1.807) is 0 Å². The van der Waals surface area contributed by atoms with Gasteiger partial charge in [0.05, 0.1) is 18.2 Å². The van der Waals surface area contributed by atoms with Gasteiger partial charge in [0.15, 0.2) is 0 Å². The molecule has 0 spiro atoms. The quantitative estimate of drug-likeness (QED) is 0.761. The Morgan fingerprint density at radius 1 is 1.36 bits per heavy atom. The Hall–Kier alpha value is -1.39. The van der Waals surface area contributed by atoms with Crippen LogP contribution in [0.2, 0.25) is 0 Å². The van der Waals surface area contributed by atoms with E-state index < -0.39 is 6.10 Å². The van der Waals surface area contributed by atoms with Crippen molar-refractivity contribution in [2.45, 2.75) is 57.2 Å². The summed E-state index contributed by atoms with van der Waals surface area (Å²) in [7, 11) is 1.89. The Kier molecular flexibility index (Phi) is 6.40. The molecule has 1 fully saturated rings. The van der Waals surface area contributed by atoms with Gasteiger partial charge in [-0.1, -0.05) is 56.5 Å². The molecule has 0 radical (unpaired) electrons. The number of nitrogens with one attached hydrogen (secondary N) is 1. The molecule has 1 saturated heterocycles. The van der Waals surface area contributed by atoms with Crippen LogP contribution in [0.4, 0.5) is 0 Å². The fraction of sp³-hybridized carbons (Fsp3) is 0.611. The van der Waals surface area contributed by atoms with E-state index in [-0.39, 0.29) is 18.0 Å². The average molecular weight is 304 g/mol. The summed E-state index contributed by atoms with van der Waals surface area (Å²) in [5.74, 6) is 0.0851. The van der Waals surface area contributed by atoms with Crippen LogP contribution in [0.15, 0.2) is 30.3 Å². The van der Waals surface area contributed by atoms with Crippen LogP contribution < -0.4 is 5.32 Å². The number of likely N-dealkylation sites (N-methyl/N-ethyl adjacent to an activating group) is 1. The Morgan fingerprint density at radius 2 is 2.09 bits per heavy atom. The molecule has 122 valence electrons. The van der Waals surface area contributed by atoms with Crippen molar-refractivity contribution in [3.63, 3.8) is 0 Å². The number of benzene rings is 1. The SMILES string of the molecule is CCCCCC(c1ccccc1)N(C)C(=O)[C@@H]1CC(O)CN1. The van der Waals surface area contributed by atoms with Crippen molar-refractivity contribution in [1.29, 1.82) is 0 Å². The first-order valence-electron chi connectivity index (χ1n) is 8.36. The van der Waals surface area contributed by atoms with Crippen molar-refractivity contribution in [3.8, 4) is 0 Å². The highest BCUT2D eigenvalue weighted by molar-refractivity contribution is 5.82. The molecule has 3 atom stereocenters. The number of carbonyl (C=O) groups excluding carboxylic acids is 1. The minimum atomic E-state index is -0.405. The summed E-state index contributed by atoms with van der Waals surface area (Å²) in [6.07, 6.45) is 4.57. The lowest BCUT2D eigenvalue weighted by Crippen LogP contribution is -2.43. The predicted octanol–water partition coefficient (Wildman–Crippen LogP) is 2.49. The minimum Gasteiger partial charge on any atom is -0.392 e. The van der Waals surface area contributed by atoms with Gasteiger partial charge in [-0.25, -0.2) is 0 Å². The molecular weight excluding hydrogens is 276 g/mol. The molecule has 0 bridgehead atoms. The molecule has 0 aliphatic carbocycles. The fourth-order valence-corrected chi connectivity index (χ4v) is 3.15. The molecule has 4 heteroatoms. The summed E-state index contributed by atoms with van der Waals surface area (Å²) in [4.78, 5) is 14.6. The van der Waals surface area contributed by atoms with Gasteiger partial charge in [-0.2, -0.15) is 0 Å². The van der Waals surface area contributed by atoms with Crippen LogP contribution in [-0.4, -0.2) is 41.7 Å². The lowest BCUT2D eigenvalue weighted by molar-refractivity contribution is -0.134. The third-order valence-corrected chi connectivity index (χ3v) is 4.49. The zero-order valence-electron chi connectivity index (χ0n) is 13.7. The molecule has 1 aliphatic heterocycles. The van der Waals surface area contributed by atoms with Gasteiger partial charge in [0.1, 0.15) is 0 Å². The molecule has 2 unspecified atom stereocenters. The van der Waals surface area contributed by atoms with Crippen LogP contribution >= 0.6 is 0 Å². The Balaban J connectivity index is 2.07. The second kappa shape index (κ2) is 8.30. The van der Waals surface area contributed by atoms with Gasteiger partial charge in [-0.15, -0.1) is 0 Å². The van der Waals surface area contributed by atoms with E-state index in [4.69, 9.17) is 0 Å². The molecule has 1 heterocycles. The van der Waals surface area contributed by atoms with Crippen LogP contribution in [0.1, 0.15) is 50.6 Å². The van der Waals surface area contributed by atoms with Gasteiger partial charge >= 0.3 is 0 Å². The summed E-state index contributed by atoms with van der Waals surface area (Å²) in [5.41, 5.74) is 1.19. The Morgan fingerprint density at radius 3 is 2.68 bits per heavy atom. The average Bonchev–Trinajstić information content (AvgIpc) is 2.97. The van der Waals surface area contributed by atoms with Crippen LogP contribution in [-0.2, 0) is 4.79 Å². The number of aliphatic hydroxyl groups excluding tert-OH is 1. The lowest BCUT2D eigenvalue weighted by Gasteiger charge is -2.31. The van der Waals surface area contributed by atoms with Crippen molar-refractivity contribution in [1.82, 2.24) is 10.2 Å². The third-order valence-electron chi connectivity index (χ3n) is 4.49. The summed E-state index contributed by atoms with van der Waals surface area (Å²) in [6.45, 7) is 2.70. The second-order valence-corrected chi connectivity index (χ2v) is 6.22. The maximum atomic E-state index is 12.7. The largest absolute Gasteiger partial charge is 0.392 e. The number of carbonyl (C=O) groups is 1. The zero-order valence-corrected chi connectivity index (χ0v) is 13.7. The topological polar surface area (TPSA) is 52.6 Å². The van der Waals surface area contributed by atoms with Gasteiger partial charge in [0.2, 0.25) is 5.91 Å². The number of hydrogen-bond acceptors (Lipinski definition) is 3. The number of nitrogens with zero attached hydrogens (tertiary/aromatic N) is 1. The number of β-amino-alcohol motifs (C(OH)–C–C–N with tert-alkyl or cyclic N) is 1. The van der Waals surface area contributed by atoms with Crippen LogP contribution in [0.5, 0.6) is 0 Å². The molecule has 4 nitrogen and oxygen atoms in total. The Bertz CT molecular complexity index is 463. The molecule has 1 aromatic rings. The van der Waals surface area contributed by atoms with Crippen LogP contribution in [0, 0.1) is 0 Å². The minimum absolute atomic E-state index is 0.0851. The lowest BCUT2D eigenvalue weighted by atomic mass is 9.98. The van der Waals surface area contributed by atoms with E-state index in [0.717, 1.165) is 12.8 Å².